The third kappa shape index (κ3) is 9.41. The number of carbonyl (C=O) groups is 2. The molecule has 9 nitrogen and oxygen atoms in total. The lowest BCUT2D eigenvalue weighted by atomic mass is 10.0. The molecule has 3 atom stereocenters. The second-order valence-electron chi connectivity index (χ2n) is 7.85. The lowest BCUT2D eigenvalue weighted by molar-refractivity contribution is -0.193. The van der Waals surface area contributed by atoms with Gasteiger partial charge in [0.25, 0.3) is 5.88 Å². The van der Waals surface area contributed by atoms with Gasteiger partial charge < -0.3 is 19.7 Å². The van der Waals surface area contributed by atoms with Crippen LogP contribution in [0.4, 0.5) is 30.7 Å². The molecule has 2 saturated heterocycles. The summed E-state index contributed by atoms with van der Waals surface area (Å²) >= 11 is 0. The lowest BCUT2D eigenvalue weighted by Crippen LogP contribution is -2.42. The molecule has 0 spiro atoms. The molecule has 0 bridgehead atoms. The van der Waals surface area contributed by atoms with Gasteiger partial charge in [-0.3, -0.25) is 9.88 Å². The van der Waals surface area contributed by atoms with Gasteiger partial charge in [0.2, 0.25) is 0 Å². The first-order chi connectivity index (χ1) is 17.7. The standard InChI is InChI=1S/C18H20FN3O2.2C2HF3O2/c19-14-6-3-9-21-18(14)24-16-12-22(11-13-5-1-2-8-20-13)15-7-4-10-23-17(15)16;2*3-2(4,5)1(6)7/h1-3,5-6,8-9,15-17H,4,7,10-12H2;2*(H,6,7)/t15-,16-,17+;;/m1../s1. The number of aliphatic carboxylic acids is 2. The van der Waals surface area contributed by atoms with E-state index >= 15 is 0 Å². The van der Waals surface area contributed by atoms with E-state index in [0.29, 0.717) is 6.54 Å². The number of hydrogen-bond acceptors (Lipinski definition) is 7. The number of carboxylic acids is 2. The number of fused-ring (bicyclic) bond motifs is 1. The van der Waals surface area contributed by atoms with Crippen molar-refractivity contribution in [3.8, 4) is 5.88 Å². The van der Waals surface area contributed by atoms with Gasteiger partial charge in [0.1, 0.15) is 12.2 Å². The molecule has 2 aromatic rings. The third-order valence-corrected chi connectivity index (χ3v) is 5.15. The minimum atomic E-state index is -5.08. The highest BCUT2D eigenvalue weighted by Crippen LogP contribution is 2.32. The molecular formula is C22H22F7N3O6. The molecule has 2 aliphatic rings. The Hall–Kier alpha value is -3.53. The van der Waals surface area contributed by atoms with Gasteiger partial charge in [0.05, 0.1) is 5.69 Å². The van der Waals surface area contributed by atoms with Crippen molar-refractivity contribution < 1.29 is 60.0 Å². The first kappa shape index (κ1) is 30.7. The Bertz CT molecular complexity index is 1030. The molecule has 0 aromatic carbocycles. The predicted molar refractivity (Wildman–Crippen MR) is 113 cm³/mol. The smallest absolute Gasteiger partial charge is 0.475 e. The zero-order valence-electron chi connectivity index (χ0n) is 19.3. The largest absolute Gasteiger partial charge is 0.490 e. The summed E-state index contributed by atoms with van der Waals surface area (Å²) in [5.74, 6) is -5.90. The van der Waals surface area contributed by atoms with Crippen LogP contribution in [0.2, 0.25) is 0 Å². The van der Waals surface area contributed by atoms with Gasteiger partial charge in [-0.1, -0.05) is 6.07 Å². The molecule has 4 heterocycles. The molecule has 2 aromatic heterocycles. The molecular weight excluding hydrogens is 535 g/mol. The molecule has 38 heavy (non-hydrogen) atoms. The van der Waals surface area contributed by atoms with Crippen molar-refractivity contribution in [1.82, 2.24) is 14.9 Å². The number of aromatic nitrogens is 2. The molecule has 0 amide bonds. The summed E-state index contributed by atoms with van der Waals surface area (Å²) in [7, 11) is 0. The molecule has 4 rings (SSSR count). The first-order valence-corrected chi connectivity index (χ1v) is 10.8. The number of rotatable bonds is 4. The van der Waals surface area contributed by atoms with Crippen molar-refractivity contribution >= 4 is 11.9 Å². The van der Waals surface area contributed by atoms with Crippen molar-refractivity contribution in [2.45, 2.75) is 50.0 Å². The number of halogens is 7. The minimum Gasteiger partial charge on any atom is -0.475 e. The normalized spacial score (nSPS) is 21.2. The van der Waals surface area contributed by atoms with Crippen LogP contribution in [0.3, 0.4) is 0 Å². The van der Waals surface area contributed by atoms with Crippen LogP contribution >= 0.6 is 0 Å². The van der Waals surface area contributed by atoms with E-state index in [1.165, 1.54) is 12.3 Å². The Morgan fingerprint density at radius 3 is 2.13 bits per heavy atom. The van der Waals surface area contributed by atoms with Crippen molar-refractivity contribution in [2.75, 3.05) is 13.2 Å². The molecule has 0 unspecified atom stereocenters. The number of hydrogen-bond donors (Lipinski definition) is 2. The summed E-state index contributed by atoms with van der Waals surface area (Å²) in [6.07, 6.45) is -5.00. The molecule has 2 aliphatic heterocycles. The molecule has 2 fully saturated rings. The van der Waals surface area contributed by atoms with Gasteiger partial charge >= 0.3 is 24.3 Å². The van der Waals surface area contributed by atoms with Crippen LogP contribution in [0, 0.1) is 5.82 Å². The van der Waals surface area contributed by atoms with E-state index in [1.54, 1.807) is 12.3 Å². The van der Waals surface area contributed by atoms with E-state index in [-0.39, 0.29) is 24.1 Å². The van der Waals surface area contributed by atoms with Crippen LogP contribution in [0.25, 0.3) is 0 Å². The van der Waals surface area contributed by atoms with E-state index < -0.39 is 30.1 Å². The maximum atomic E-state index is 13.9. The van der Waals surface area contributed by atoms with Crippen LogP contribution in [-0.2, 0) is 20.9 Å². The molecule has 16 heteroatoms. The SMILES string of the molecule is Fc1cccnc1O[C@@H]1CN(Cc2ccccn2)[C@@H]2CCCO[C@@H]21.O=C(O)C(F)(F)F.O=C(O)C(F)(F)F. The monoisotopic (exact) mass is 557 g/mol. The summed E-state index contributed by atoms with van der Waals surface area (Å²) in [4.78, 5) is 28.5. The van der Waals surface area contributed by atoms with Crippen molar-refractivity contribution in [1.29, 1.82) is 0 Å². The zero-order chi connectivity index (χ0) is 28.5. The minimum absolute atomic E-state index is 0.0510. The molecule has 2 N–H and O–H groups in total. The van der Waals surface area contributed by atoms with Crippen molar-refractivity contribution in [3.63, 3.8) is 0 Å². The summed E-state index contributed by atoms with van der Waals surface area (Å²) in [6.45, 7) is 2.15. The van der Waals surface area contributed by atoms with Crippen LogP contribution < -0.4 is 4.74 Å². The van der Waals surface area contributed by atoms with E-state index in [9.17, 15) is 30.7 Å². The number of pyridine rings is 2. The fourth-order valence-corrected chi connectivity index (χ4v) is 3.59. The van der Waals surface area contributed by atoms with E-state index in [2.05, 4.69) is 14.9 Å². The lowest BCUT2D eigenvalue weighted by Gasteiger charge is -2.32. The Morgan fingerprint density at radius 1 is 1.00 bits per heavy atom. The molecule has 0 aliphatic carbocycles. The predicted octanol–water partition coefficient (Wildman–Crippen LogP) is 3.69. The molecule has 0 saturated carbocycles. The summed E-state index contributed by atoms with van der Waals surface area (Å²) in [5, 5.41) is 14.2. The van der Waals surface area contributed by atoms with Crippen LogP contribution in [0.5, 0.6) is 5.88 Å². The highest BCUT2D eigenvalue weighted by molar-refractivity contribution is 5.73. The quantitative estimate of drug-likeness (QED) is 0.542. The van der Waals surface area contributed by atoms with Gasteiger partial charge in [0, 0.05) is 38.1 Å². The first-order valence-electron chi connectivity index (χ1n) is 10.8. The van der Waals surface area contributed by atoms with Gasteiger partial charge in [-0.15, -0.1) is 0 Å². The Kier molecular flexibility index (Phi) is 10.8. The summed E-state index contributed by atoms with van der Waals surface area (Å²) < 4.78 is 89.2. The van der Waals surface area contributed by atoms with Gasteiger partial charge in [-0.25, -0.2) is 19.0 Å². The average molecular weight is 557 g/mol. The third-order valence-electron chi connectivity index (χ3n) is 5.15. The van der Waals surface area contributed by atoms with Gasteiger partial charge in [-0.05, 0) is 37.1 Å². The number of alkyl halides is 6. The van der Waals surface area contributed by atoms with Crippen molar-refractivity contribution in [3.05, 3.63) is 54.2 Å². The Balaban J connectivity index is 0.000000301. The maximum Gasteiger partial charge on any atom is 0.490 e. The van der Waals surface area contributed by atoms with E-state index in [1.807, 2.05) is 18.2 Å². The summed E-state index contributed by atoms with van der Waals surface area (Å²) in [6, 6.07) is 9.12. The van der Waals surface area contributed by atoms with Gasteiger partial charge in [0.15, 0.2) is 5.82 Å². The average Bonchev–Trinajstić information content (AvgIpc) is 3.18. The highest BCUT2D eigenvalue weighted by Gasteiger charge is 2.46. The highest BCUT2D eigenvalue weighted by atomic mass is 19.4. The van der Waals surface area contributed by atoms with Crippen LogP contribution in [0.1, 0.15) is 18.5 Å². The number of nitrogens with zero attached hydrogens (tertiary/aromatic N) is 3. The molecule has 0 radical (unpaired) electrons. The van der Waals surface area contributed by atoms with Gasteiger partial charge in [-0.2, -0.15) is 26.3 Å². The summed E-state index contributed by atoms with van der Waals surface area (Å²) in [5.41, 5.74) is 1.02. The van der Waals surface area contributed by atoms with E-state index in [0.717, 1.165) is 31.7 Å². The van der Waals surface area contributed by atoms with E-state index in [4.69, 9.17) is 29.3 Å². The Morgan fingerprint density at radius 2 is 1.61 bits per heavy atom. The second-order valence-corrected chi connectivity index (χ2v) is 7.85. The van der Waals surface area contributed by atoms with Crippen molar-refractivity contribution in [2.24, 2.45) is 0 Å². The number of carboxylic acid groups (broad SMARTS) is 2. The number of likely N-dealkylation sites (tertiary alicyclic amines) is 1. The molecule has 210 valence electrons. The van der Waals surface area contributed by atoms with Crippen LogP contribution in [-0.4, -0.2) is 80.8 Å². The number of ether oxygens (including phenoxy) is 2. The Labute approximate surface area is 210 Å². The fourth-order valence-electron chi connectivity index (χ4n) is 3.59. The maximum absolute atomic E-state index is 13.9. The second kappa shape index (κ2) is 13.3. The van der Waals surface area contributed by atoms with Crippen LogP contribution in [0.15, 0.2) is 42.7 Å². The zero-order valence-corrected chi connectivity index (χ0v) is 19.3. The topological polar surface area (TPSA) is 122 Å². The fraction of sp³-hybridized carbons (Fsp3) is 0.455.